The van der Waals surface area contributed by atoms with E-state index in [9.17, 15) is 18.0 Å². The summed E-state index contributed by atoms with van der Waals surface area (Å²) in [7, 11) is 0. The van der Waals surface area contributed by atoms with Gasteiger partial charge in [0.05, 0.1) is 0 Å². The molecule has 0 heterocycles. The van der Waals surface area contributed by atoms with Crippen molar-refractivity contribution in [1.82, 2.24) is 0 Å². The maximum Gasteiger partial charge on any atom is 0.422 e. The predicted octanol–water partition coefficient (Wildman–Crippen LogP) is 4.11. The largest absolute Gasteiger partial charge is 0.458 e. The summed E-state index contributed by atoms with van der Waals surface area (Å²) in [6.45, 7) is 8.80. The Balaban J connectivity index is 2.71. The molecular weight excluding hydrogens is 257 g/mol. The van der Waals surface area contributed by atoms with Crippen LogP contribution in [0.4, 0.5) is 13.2 Å². The van der Waals surface area contributed by atoms with Crippen LogP contribution in [-0.4, -0.2) is 18.2 Å². The second-order valence-corrected chi connectivity index (χ2v) is 5.75. The van der Waals surface area contributed by atoms with Gasteiger partial charge in [0, 0.05) is 0 Å². The van der Waals surface area contributed by atoms with Crippen LogP contribution in [0.5, 0.6) is 0 Å². The van der Waals surface area contributed by atoms with Crippen molar-refractivity contribution in [2.24, 2.45) is 17.8 Å². The van der Waals surface area contributed by atoms with Crippen LogP contribution in [0, 0.1) is 17.8 Å². The molecule has 1 aliphatic rings. The molecule has 110 valence electrons. The van der Waals surface area contributed by atoms with Crippen molar-refractivity contribution in [3.63, 3.8) is 0 Å². The van der Waals surface area contributed by atoms with Gasteiger partial charge < -0.3 is 4.74 Å². The first-order valence-electron chi connectivity index (χ1n) is 6.60. The molecule has 0 amide bonds. The highest BCUT2D eigenvalue weighted by atomic mass is 19.4. The average molecular weight is 278 g/mol. The van der Waals surface area contributed by atoms with E-state index in [1.807, 2.05) is 20.8 Å². The highest BCUT2D eigenvalue weighted by Gasteiger charge is 2.40. The van der Waals surface area contributed by atoms with Gasteiger partial charge in [-0.1, -0.05) is 33.8 Å². The minimum Gasteiger partial charge on any atom is -0.458 e. The van der Waals surface area contributed by atoms with Gasteiger partial charge in [0.25, 0.3) is 0 Å². The van der Waals surface area contributed by atoms with E-state index in [1.54, 1.807) is 0 Å². The molecule has 1 fully saturated rings. The number of carbonyl (C=O) groups excluding carboxylic acids is 1. The molecule has 0 aromatic rings. The molecule has 0 aliphatic heterocycles. The molecule has 1 saturated carbocycles. The highest BCUT2D eigenvalue weighted by Crippen LogP contribution is 2.36. The third-order valence-corrected chi connectivity index (χ3v) is 3.81. The lowest BCUT2D eigenvalue weighted by Crippen LogP contribution is -2.37. The zero-order valence-electron chi connectivity index (χ0n) is 11.6. The van der Waals surface area contributed by atoms with E-state index in [0.29, 0.717) is 12.3 Å². The van der Waals surface area contributed by atoms with Gasteiger partial charge in [-0.3, -0.25) is 0 Å². The normalized spacial score (nSPS) is 28.3. The Bertz CT molecular complexity index is 347. The average Bonchev–Trinajstić information content (AvgIpc) is 2.26. The summed E-state index contributed by atoms with van der Waals surface area (Å²) < 4.78 is 42.2. The number of ether oxygens (including phenoxy) is 1. The molecule has 0 saturated heterocycles. The van der Waals surface area contributed by atoms with E-state index in [0.717, 1.165) is 12.8 Å². The second-order valence-electron chi connectivity index (χ2n) is 5.75. The Morgan fingerprint density at radius 2 is 1.89 bits per heavy atom. The lowest BCUT2D eigenvalue weighted by atomic mass is 9.75. The van der Waals surface area contributed by atoms with E-state index < -0.39 is 23.8 Å². The van der Waals surface area contributed by atoms with Gasteiger partial charge in [0.15, 0.2) is 0 Å². The monoisotopic (exact) mass is 278 g/mol. The third-order valence-electron chi connectivity index (χ3n) is 3.81. The molecule has 0 bridgehead atoms. The van der Waals surface area contributed by atoms with Crippen LogP contribution in [0.3, 0.4) is 0 Å². The zero-order valence-corrected chi connectivity index (χ0v) is 11.6. The summed E-state index contributed by atoms with van der Waals surface area (Å²) in [4.78, 5) is 11.5. The fourth-order valence-corrected chi connectivity index (χ4v) is 2.57. The molecular formula is C14H21F3O2. The Morgan fingerprint density at radius 3 is 2.37 bits per heavy atom. The lowest BCUT2D eigenvalue weighted by molar-refractivity contribution is -0.161. The maximum atomic E-state index is 12.4. The number of hydrogen-bond acceptors (Lipinski definition) is 2. The summed E-state index contributed by atoms with van der Waals surface area (Å²) in [6, 6.07) is 0. The van der Waals surface area contributed by atoms with Crippen LogP contribution in [0.2, 0.25) is 0 Å². The topological polar surface area (TPSA) is 26.3 Å². The fraction of sp³-hybridized carbons (Fsp3) is 0.786. The summed E-state index contributed by atoms with van der Waals surface area (Å²) >= 11 is 0. The standard InChI is InChI=1S/C14H21F3O2/c1-8(2)11-6-5-9(3)7-12(11)19-13(18)10(4)14(15,16)17/h8-9,11-12H,4-7H2,1-3H3/t9-,11+,12-/m0/s1. The van der Waals surface area contributed by atoms with Crippen molar-refractivity contribution in [3.8, 4) is 0 Å². The molecule has 0 unspecified atom stereocenters. The molecule has 3 atom stereocenters. The Kier molecular flexibility index (Phi) is 5.04. The van der Waals surface area contributed by atoms with Gasteiger partial charge in [-0.05, 0) is 30.6 Å². The third kappa shape index (κ3) is 4.25. The zero-order chi connectivity index (χ0) is 14.8. The van der Waals surface area contributed by atoms with Crippen molar-refractivity contribution in [3.05, 3.63) is 12.2 Å². The number of hydrogen-bond donors (Lipinski definition) is 0. The van der Waals surface area contributed by atoms with Crippen LogP contribution in [0.25, 0.3) is 0 Å². The maximum absolute atomic E-state index is 12.4. The number of halogens is 3. The Hall–Kier alpha value is -1.00. The Morgan fingerprint density at radius 1 is 1.32 bits per heavy atom. The van der Waals surface area contributed by atoms with E-state index in [1.165, 1.54) is 0 Å². The van der Waals surface area contributed by atoms with E-state index >= 15 is 0 Å². The molecule has 0 N–H and O–H groups in total. The van der Waals surface area contributed by atoms with E-state index in [4.69, 9.17) is 4.74 Å². The minimum absolute atomic E-state index is 0.126. The van der Waals surface area contributed by atoms with E-state index in [2.05, 4.69) is 6.58 Å². The first kappa shape index (κ1) is 16.1. The van der Waals surface area contributed by atoms with Gasteiger partial charge in [0.1, 0.15) is 11.7 Å². The van der Waals surface area contributed by atoms with Gasteiger partial charge in [-0.2, -0.15) is 13.2 Å². The van der Waals surface area contributed by atoms with Crippen molar-refractivity contribution in [2.45, 2.75) is 52.3 Å². The van der Waals surface area contributed by atoms with Crippen LogP contribution < -0.4 is 0 Å². The first-order valence-corrected chi connectivity index (χ1v) is 6.60. The predicted molar refractivity (Wildman–Crippen MR) is 66.4 cm³/mol. The smallest absolute Gasteiger partial charge is 0.422 e. The summed E-state index contributed by atoms with van der Waals surface area (Å²) in [5.74, 6) is -0.560. The second kappa shape index (κ2) is 5.97. The summed E-state index contributed by atoms with van der Waals surface area (Å²) in [5, 5.41) is 0. The van der Waals surface area contributed by atoms with Gasteiger partial charge in [-0.25, -0.2) is 4.79 Å². The van der Waals surface area contributed by atoms with Crippen LogP contribution in [0.15, 0.2) is 12.2 Å². The molecule has 19 heavy (non-hydrogen) atoms. The Labute approximate surface area is 112 Å². The molecule has 0 spiro atoms. The van der Waals surface area contributed by atoms with Gasteiger partial charge in [0.2, 0.25) is 0 Å². The molecule has 0 aromatic carbocycles. The van der Waals surface area contributed by atoms with Gasteiger partial charge >= 0.3 is 12.1 Å². The van der Waals surface area contributed by atoms with Crippen LogP contribution in [0.1, 0.15) is 40.0 Å². The fourth-order valence-electron chi connectivity index (χ4n) is 2.57. The molecule has 1 aliphatic carbocycles. The molecule has 0 radical (unpaired) electrons. The highest BCUT2D eigenvalue weighted by molar-refractivity contribution is 5.89. The molecule has 5 heteroatoms. The van der Waals surface area contributed by atoms with E-state index in [-0.39, 0.29) is 11.8 Å². The van der Waals surface area contributed by atoms with Crippen LogP contribution in [-0.2, 0) is 9.53 Å². The SMILES string of the molecule is C=C(C(=O)O[C@H]1C[C@@H](C)CC[C@@H]1C(C)C)C(F)(F)F. The number of carbonyl (C=O) groups is 1. The van der Waals surface area contributed by atoms with Crippen molar-refractivity contribution in [1.29, 1.82) is 0 Å². The van der Waals surface area contributed by atoms with Crippen molar-refractivity contribution >= 4 is 5.97 Å². The summed E-state index contributed by atoms with van der Waals surface area (Å²) in [6.07, 6.45) is -2.62. The summed E-state index contributed by atoms with van der Waals surface area (Å²) in [5.41, 5.74) is -1.42. The first-order chi connectivity index (χ1) is 8.62. The number of rotatable bonds is 3. The van der Waals surface area contributed by atoms with Crippen LogP contribution >= 0.6 is 0 Å². The number of alkyl halides is 3. The van der Waals surface area contributed by atoms with Crippen molar-refractivity contribution in [2.75, 3.05) is 0 Å². The minimum atomic E-state index is -4.72. The van der Waals surface area contributed by atoms with Crippen molar-refractivity contribution < 1.29 is 22.7 Å². The molecule has 2 nitrogen and oxygen atoms in total. The quantitative estimate of drug-likeness (QED) is 0.573. The lowest BCUT2D eigenvalue weighted by Gasteiger charge is -2.36. The molecule has 0 aromatic heterocycles. The van der Waals surface area contributed by atoms with Gasteiger partial charge in [-0.15, -0.1) is 0 Å². The number of esters is 1. The molecule has 1 rings (SSSR count).